The molecule has 3 N–H and O–H groups in total. The van der Waals surface area contributed by atoms with Crippen LogP contribution in [0, 0.1) is 0 Å². The molecule has 2 amide bonds. The molecule has 2 rings (SSSR count). The van der Waals surface area contributed by atoms with E-state index in [2.05, 4.69) is 31.0 Å². The fourth-order valence-corrected chi connectivity index (χ4v) is 5.41. The molecule has 0 radical (unpaired) electrons. The van der Waals surface area contributed by atoms with Crippen LogP contribution in [0.15, 0.2) is 8.68 Å². The second kappa shape index (κ2) is 11.0. The number of hydrogen-bond acceptors (Lipinski definition) is 12. The van der Waals surface area contributed by atoms with Crippen LogP contribution in [-0.2, 0) is 19.2 Å². The lowest BCUT2D eigenvalue weighted by Gasteiger charge is -1.98. The predicted molar refractivity (Wildman–Crippen MR) is 106 cm³/mol. The standard InChI is InChI=1S/C13H14N6O5S4/c1-6(20)2-3-7(21)14-10-16-18-12(25-10)27-28-13-19-17-11(26-13)15-8(22)4-5-9(23)24/h2-5H2,1H3,(H,23,24)(H,14,16,21)(H,15,17,22). The molecular formula is C13H14N6O5S4. The van der Waals surface area contributed by atoms with Crippen LogP contribution in [0.5, 0.6) is 0 Å². The van der Waals surface area contributed by atoms with E-state index in [0.29, 0.717) is 13.8 Å². The molecule has 0 aliphatic heterocycles. The van der Waals surface area contributed by atoms with Gasteiger partial charge in [-0.3, -0.25) is 14.4 Å². The van der Waals surface area contributed by atoms with Gasteiger partial charge in [-0.15, -0.1) is 20.4 Å². The molecular weight excluding hydrogens is 448 g/mol. The van der Waals surface area contributed by atoms with Gasteiger partial charge in [0.15, 0.2) is 8.68 Å². The molecule has 0 unspecified atom stereocenters. The molecule has 0 saturated carbocycles. The van der Waals surface area contributed by atoms with Crippen molar-refractivity contribution in [1.82, 2.24) is 20.4 Å². The van der Waals surface area contributed by atoms with Crippen molar-refractivity contribution in [1.29, 1.82) is 0 Å². The number of ketones is 1. The summed E-state index contributed by atoms with van der Waals surface area (Å²) in [5.41, 5.74) is 0. The van der Waals surface area contributed by atoms with Gasteiger partial charge in [0.05, 0.1) is 6.42 Å². The Bertz CT molecular complexity index is 799. The van der Waals surface area contributed by atoms with Crippen molar-refractivity contribution < 1.29 is 24.3 Å². The number of carbonyl (C=O) groups is 4. The molecule has 0 bridgehead atoms. The number of carboxylic acids is 1. The minimum Gasteiger partial charge on any atom is -0.481 e. The van der Waals surface area contributed by atoms with Crippen LogP contribution in [0.25, 0.3) is 0 Å². The molecule has 2 heterocycles. The number of hydrogen-bond donors (Lipinski definition) is 3. The van der Waals surface area contributed by atoms with Crippen LogP contribution in [0.1, 0.15) is 32.6 Å². The Hall–Kier alpha value is -2.10. The number of rotatable bonds is 11. The van der Waals surface area contributed by atoms with Crippen molar-refractivity contribution in [3.8, 4) is 0 Å². The highest BCUT2D eigenvalue weighted by Crippen LogP contribution is 2.41. The molecule has 11 nitrogen and oxygen atoms in total. The third-order valence-corrected chi connectivity index (χ3v) is 7.39. The number of nitrogens with zero attached hydrogens (tertiary/aromatic N) is 4. The van der Waals surface area contributed by atoms with Crippen LogP contribution >= 0.6 is 44.3 Å². The first-order chi connectivity index (χ1) is 13.3. The van der Waals surface area contributed by atoms with Crippen molar-refractivity contribution in [2.24, 2.45) is 0 Å². The van der Waals surface area contributed by atoms with E-state index in [1.54, 1.807) is 0 Å². The molecule has 2 aromatic rings. The molecule has 15 heteroatoms. The topological polar surface area (TPSA) is 164 Å². The zero-order valence-corrected chi connectivity index (χ0v) is 17.6. The average Bonchev–Trinajstić information content (AvgIpc) is 3.25. The SMILES string of the molecule is CC(=O)CCC(=O)Nc1nnc(SSc2nnc(NC(=O)CCC(=O)O)s2)s1. The molecule has 0 fully saturated rings. The van der Waals surface area contributed by atoms with Gasteiger partial charge in [0.1, 0.15) is 5.78 Å². The van der Waals surface area contributed by atoms with Crippen LogP contribution < -0.4 is 10.6 Å². The van der Waals surface area contributed by atoms with Crippen LogP contribution in [-0.4, -0.2) is 49.1 Å². The molecule has 0 spiro atoms. The summed E-state index contributed by atoms with van der Waals surface area (Å²) >= 11 is 2.31. The van der Waals surface area contributed by atoms with Crippen molar-refractivity contribution in [2.75, 3.05) is 10.6 Å². The van der Waals surface area contributed by atoms with Crippen molar-refractivity contribution >= 4 is 78.1 Å². The fourth-order valence-electron chi connectivity index (χ4n) is 1.53. The molecule has 0 aromatic carbocycles. The molecule has 28 heavy (non-hydrogen) atoms. The normalized spacial score (nSPS) is 10.5. The van der Waals surface area contributed by atoms with E-state index >= 15 is 0 Å². The van der Waals surface area contributed by atoms with Gasteiger partial charge in [-0.2, -0.15) is 0 Å². The maximum absolute atomic E-state index is 11.7. The second-order valence-corrected chi connectivity index (χ2v) is 9.68. The average molecular weight is 463 g/mol. The van der Waals surface area contributed by atoms with E-state index < -0.39 is 11.9 Å². The Labute approximate surface area is 174 Å². The number of Topliss-reactive ketones (excluding diaryl/α,β-unsaturated/α-hetero) is 1. The zero-order valence-electron chi connectivity index (χ0n) is 14.3. The Morgan fingerprint density at radius 1 is 0.821 bits per heavy atom. The van der Waals surface area contributed by atoms with Gasteiger partial charge in [0, 0.05) is 19.3 Å². The van der Waals surface area contributed by atoms with E-state index in [-0.39, 0.29) is 42.5 Å². The number of amides is 2. The molecule has 0 saturated heterocycles. The Kier molecular flexibility index (Phi) is 8.75. The predicted octanol–water partition coefficient (Wildman–Crippen LogP) is 2.30. The van der Waals surface area contributed by atoms with Gasteiger partial charge in [-0.05, 0) is 28.5 Å². The minimum absolute atomic E-state index is 0.0606. The molecule has 0 atom stereocenters. The quantitative estimate of drug-likeness (QED) is 0.331. The summed E-state index contributed by atoms with van der Waals surface area (Å²) in [5, 5.41) is 29.7. The first-order valence-corrected chi connectivity index (χ1v) is 11.4. The summed E-state index contributed by atoms with van der Waals surface area (Å²) in [5.74, 6) is -1.86. The molecule has 0 aliphatic rings. The van der Waals surface area contributed by atoms with Gasteiger partial charge >= 0.3 is 5.97 Å². The highest BCUT2D eigenvalue weighted by molar-refractivity contribution is 8.77. The summed E-state index contributed by atoms with van der Waals surface area (Å²) in [6.07, 6.45) is -0.128. The summed E-state index contributed by atoms with van der Waals surface area (Å²) in [6, 6.07) is 0. The van der Waals surface area contributed by atoms with Gasteiger partial charge < -0.3 is 20.5 Å². The number of anilines is 2. The van der Waals surface area contributed by atoms with Crippen LogP contribution in [0.3, 0.4) is 0 Å². The number of aliphatic carboxylic acids is 1. The number of aromatic nitrogens is 4. The highest BCUT2D eigenvalue weighted by Gasteiger charge is 2.13. The van der Waals surface area contributed by atoms with E-state index in [1.807, 2.05) is 0 Å². The first-order valence-electron chi connectivity index (χ1n) is 7.64. The molecule has 2 aromatic heterocycles. The van der Waals surface area contributed by atoms with E-state index in [0.717, 1.165) is 11.3 Å². The monoisotopic (exact) mass is 462 g/mol. The van der Waals surface area contributed by atoms with Crippen LogP contribution in [0.2, 0.25) is 0 Å². The minimum atomic E-state index is -1.05. The van der Waals surface area contributed by atoms with Gasteiger partial charge in [-0.25, -0.2) is 0 Å². The van der Waals surface area contributed by atoms with Crippen molar-refractivity contribution in [3.05, 3.63) is 0 Å². The third kappa shape index (κ3) is 8.28. The van der Waals surface area contributed by atoms with Crippen LogP contribution in [0.4, 0.5) is 10.3 Å². The Balaban J connectivity index is 1.77. The molecule has 0 aliphatic carbocycles. The lowest BCUT2D eigenvalue weighted by Crippen LogP contribution is -2.12. The fraction of sp³-hybridized carbons (Fsp3) is 0.385. The lowest BCUT2D eigenvalue weighted by atomic mass is 10.2. The van der Waals surface area contributed by atoms with Crippen molar-refractivity contribution in [2.45, 2.75) is 41.3 Å². The summed E-state index contributed by atoms with van der Waals surface area (Å²) in [7, 11) is 2.51. The van der Waals surface area contributed by atoms with Crippen molar-refractivity contribution in [3.63, 3.8) is 0 Å². The number of carboxylic acid groups (broad SMARTS) is 1. The van der Waals surface area contributed by atoms with E-state index in [9.17, 15) is 19.2 Å². The van der Waals surface area contributed by atoms with E-state index in [4.69, 9.17) is 5.11 Å². The van der Waals surface area contributed by atoms with E-state index in [1.165, 1.54) is 39.8 Å². The third-order valence-electron chi connectivity index (χ3n) is 2.76. The zero-order chi connectivity index (χ0) is 20.5. The van der Waals surface area contributed by atoms with Gasteiger partial charge in [0.2, 0.25) is 22.1 Å². The largest absolute Gasteiger partial charge is 0.481 e. The summed E-state index contributed by atoms with van der Waals surface area (Å²) in [4.78, 5) is 44.5. The maximum Gasteiger partial charge on any atom is 0.303 e. The summed E-state index contributed by atoms with van der Waals surface area (Å²) in [6.45, 7) is 1.42. The molecule has 150 valence electrons. The first kappa shape index (κ1) is 22.2. The highest BCUT2D eigenvalue weighted by atomic mass is 33.1. The number of carbonyl (C=O) groups excluding carboxylic acids is 3. The Morgan fingerprint density at radius 3 is 1.71 bits per heavy atom. The van der Waals surface area contributed by atoms with Gasteiger partial charge in [-0.1, -0.05) is 22.7 Å². The smallest absolute Gasteiger partial charge is 0.303 e. The summed E-state index contributed by atoms with van der Waals surface area (Å²) < 4.78 is 1.13. The number of nitrogens with one attached hydrogen (secondary N) is 2. The maximum atomic E-state index is 11.7. The second-order valence-electron chi connectivity index (χ2n) is 5.11. The Morgan fingerprint density at radius 2 is 1.29 bits per heavy atom. The van der Waals surface area contributed by atoms with Gasteiger partial charge in [0.25, 0.3) is 0 Å². The lowest BCUT2D eigenvalue weighted by molar-refractivity contribution is -0.138.